The molecule has 0 aliphatic rings. The summed E-state index contributed by atoms with van der Waals surface area (Å²) in [5.74, 6) is 1.32. The van der Waals surface area contributed by atoms with E-state index >= 15 is 0 Å². The van der Waals surface area contributed by atoms with Crippen LogP contribution in [0.25, 0.3) is 5.52 Å². The number of hydrogen-bond acceptors (Lipinski definition) is 5. The second-order valence-corrected chi connectivity index (χ2v) is 7.28. The van der Waals surface area contributed by atoms with Crippen LogP contribution in [-0.2, 0) is 0 Å². The summed E-state index contributed by atoms with van der Waals surface area (Å²) in [6.45, 7) is 7.95. The minimum Gasteiger partial charge on any atom is -0.357 e. The average molecular weight is 415 g/mol. The third-order valence-electron chi connectivity index (χ3n) is 5.09. The van der Waals surface area contributed by atoms with E-state index in [1.165, 1.54) is 0 Å². The van der Waals surface area contributed by atoms with E-state index in [1.54, 1.807) is 0 Å². The first-order valence-corrected chi connectivity index (χ1v) is 10.4. The van der Waals surface area contributed by atoms with Crippen LogP contribution in [0.4, 0.5) is 23.1 Å². The smallest absolute Gasteiger partial charge is 0.257 e. The Bertz CT molecular complexity index is 1160. The maximum absolute atomic E-state index is 12.6. The van der Waals surface area contributed by atoms with Crippen molar-refractivity contribution in [1.82, 2.24) is 14.4 Å². The zero-order valence-corrected chi connectivity index (χ0v) is 18.0. The highest BCUT2D eigenvalue weighted by molar-refractivity contribution is 6.05. The van der Waals surface area contributed by atoms with Crippen LogP contribution >= 0.6 is 0 Å². The van der Waals surface area contributed by atoms with Crippen LogP contribution in [0.15, 0.2) is 67.0 Å². The minimum absolute atomic E-state index is 0.143. The van der Waals surface area contributed by atoms with Crippen molar-refractivity contribution in [3.05, 3.63) is 78.2 Å². The van der Waals surface area contributed by atoms with Gasteiger partial charge in [0.1, 0.15) is 5.82 Å². The second-order valence-electron chi connectivity index (χ2n) is 7.28. The number of aryl methyl sites for hydroxylation is 1. The Kier molecular flexibility index (Phi) is 5.84. The summed E-state index contributed by atoms with van der Waals surface area (Å²) in [6, 6.07) is 17.2. The predicted octanol–water partition coefficient (Wildman–Crippen LogP) is 4.88. The van der Waals surface area contributed by atoms with Gasteiger partial charge in [-0.15, -0.1) is 0 Å². The van der Waals surface area contributed by atoms with Gasteiger partial charge in [0, 0.05) is 54.1 Å². The van der Waals surface area contributed by atoms with Crippen molar-refractivity contribution in [2.45, 2.75) is 20.8 Å². The third-order valence-corrected chi connectivity index (χ3v) is 5.09. The number of anilines is 4. The topological polar surface area (TPSA) is 74.6 Å². The maximum atomic E-state index is 12.6. The molecule has 7 heteroatoms. The third kappa shape index (κ3) is 4.66. The number of rotatable bonds is 7. The molecule has 0 fully saturated rings. The standard InChI is InChI=1S/C24H26N6O/c1-4-29(5-2)22-14-17(3)25-24(28-22)27-20-11-9-19(10-12-20)26-23(31)18-15-21-8-6-7-13-30(21)16-18/h6-16H,4-5H2,1-3H3,(H,26,31)(H,25,27,28). The summed E-state index contributed by atoms with van der Waals surface area (Å²) in [5, 5.41) is 6.19. The number of carbonyl (C=O) groups is 1. The Hall–Kier alpha value is -3.87. The number of hydrogen-bond donors (Lipinski definition) is 2. The highest BCUT2D eigenvalue weighted by atomic mass is 16.1. The molecule has 0 unspecified atom stereocenters. The van der Waals surface area contributed by atoms with Gasteiger partial charge in [-0.2, -0.15) is 4.98 Å². The van der Waals surface area contributed by atoms with Crippen molar-refractivity contribution < 1.29 is 4.79 Å². The van der Waals surface area contributed by atoms with Crippen LogP contribution in [0.1, 0.15) is 29.9 Å². The molecule has 7 nitrogen and oxygen atoms in total. The van der Waals surface area contributed by atoms with Crippen LogP contribution < -0.4 is 15.5 Å². The molecule has 4 aromatic rings. The maximum Gasteiger partial charge on any atom is 0.257 e. The highest BCUT2D eigenvalue weighted by Gasteiger charge is 2.10. The summed E-state index contributed by atoms with van der Waals surface area (Å²) in [4.78, 5) is 23.9. The van der Waals surface area contributed by atoms with Crippen LogP contribution in [0.3, 0.4) is 0 Å². The SMILES string of the molecule is CCN(CC)c1cc(C)nc(Nc2ccc(NC(=O)c3cc4ccccn4c3)cc2)n1. The van der Waals surface area contributed by atoms with Crippen molar-refractivity contribution in [3.8, 4) is 0 Å². The Balaban J connectivity index is 1.45. The summed E-state index contributed by atoms with van der Waals surface area (Å²) in [6.07, 6.45) is 3.74. The van der Waals surface area contributed by atoms with Crippen LogP contribution in [0, 0.1) is 6.92 Å². The lowest BCUT2D eigenvalue weighted by Gasteiger charge is -2.20. The molecule has 0 aliphatic heterocycles. The van der Waals surface area contributed by atoms with E-state index in [2.05, 4.69) is 39.3 Å². The molecule has 3 aromatic heterocycles. The van der Waals surface area contributed by atoms with E-state index in [0.717, 1.165) is 41.5 Å². The summed E-state index contributed by atoms with van der Waals surface area (Å²) < 4.78 is 1.93. The largest absolute Gasteiger partial charge is 0.357 e. The number of nitrogens with one attached hydrogen (secondary N) is 2. The lowest BCUT2D eigenvalue weighted by Crippen LogP contribution is -2.23. The van der Waals surface area contributed by atoms with Gasteiger partial charge in [0.15, 0.2) is 0 Å². The van der Waals surface area contributed by atoms with Gasteiger partial charge in [0.25, 0.3) is 5.91 Å². The van der Waals surface area contributed by atoms with Gasteiger partial charge in [0.2, 0.25) is 5.95 Å². The normalized spacial score (nSPS) is 10.8. The fourth-order valence-corrected chi connectivity index (χ4v) is 3.47. The fraction of sp³-hybridized carbons (Fsp3) is 0.208. The number of amides is 1. The monoisotopic (exact) mass is 414 g/mol. The first-order chi connectivity index (χ1) is 15.1. The van der Waals surface area contributed by atoms with Crippen LogP contribution in [0.2, 0.25) is 0 Å². The molecular formula is C24H26N6O. The second kappa shape index (κ2) is 8.87. The molecule has 0 saturated heterocycles. The Morgan fingerprint density at radius 2 is 1.74 bits per heavy atom. The molecule has 158 valence electrons. The fourth-order valence-electron chi connectivity index (χ4n) is 3.47. The van der Waals surface area contributed by atoms with Gasteiger partial charge in [-0.1, -0.05) is 6.07 Å². The number of benzene rings is 1. The van der Waals surface area contributed by atoms with Gasteiger partial charge >= 0.3 is 0 Å². The molecule has 0 radical (unpaired) electrons. The molecule has 0 bridgehead atoms. The zero-order valence-electron chi connectivity index (χ0n) is 18.0. The molecule has 0 spiro atoms. The van der Waals surface area contributed by atoms with Crippen LogP contribution in [0.5, 0.6) is 0 Å². The van der Waals surface area contributed by atoms with E-state index in [1.807, 2.05) is 78.3 Å². The summed E-state index contributed by atoms with van der Waals surface area (Å²) in [5.41, 5.74) is 4.08. The summed E-state index contributed by atoms with van der Waals surface area (Å²) >= 11 is 0. The van der Waals surface area contributed by atoms with Crippen molar-refractivity contribution in [3.63, 3.8) is 0 Å². The van der Waals surface area contributed by atoms with Gasteiger partial charge in [0.05, 0.1) is 5.56 Å². The predicted molar refractivity (Wildman–Crippen MR) is 125 cm³/mol. The quantitative estimate of drug-likeness (QED) is 0.451. The van der Waals surface area contributed by atoms with E-state index in [-0.39, 0.29) is 5.91 Å². The van der Waals surface area contributed by atoms with Crippen molar-refractivity contribution in [2.24, 2.45) is 0 Å². The number of pyridine rings is 1. The summed E-state index contributed by atoms with van der Waals surface area (Å²) in [7, 11) is 0. The molecule has 0 aliphatic carbocycles. The van der Waals surface area contributed by atoms with Gasteiger partial charge in [-0.3, -0.25) is 4.79 Å². The van der Waals surface area contributed by atoms with Gasteiger partial charge in [-0.25, -0.2) is 4.98 Å². The van der Waals surface area contributed by atoms with Crippen molar-refractivity contribution in [1.29, 1.82) is 0 Å². The molecular weight excluding hydrogens is 388 g/mol. The first kappa shape index (κ1) is 20.4. The molecule has 2 N–H and O–H groups in total. The molecule has 0 atom stereocenters. The molecule has 31 heavy (non-hydrogen) atoms. The number of fused-ring (bicyclic) bond motifs is 1. The molecule has 3 heterocycles. The highest BCUT2D eigenvalue weighted by Crippen LogP contribution is 2.20. The van der Waals surface area contributed by atoms with E-state index in [9.17, 15) is 4.79 Å². The minimum atomic E-state index is -0.143. The van der Waals surface area contributed by atoms with E-state index in [4.69, 9.17) is 0 Å². The average Bonchev–Trinajstić information content (AvgIpc) is 3.20. The zero-order chi connectivity index (χ0) is 21.8. The van der Waals surface area contributed by atoms with E-state index < -0.39 is 0 Å². The van der Waals surface area contributed by atoms with E-state index in [0.29, 0.717) is 11.5 Å². The Labute approximate surface area is 181 Å². The van der Waals surface area contributed by atoms with Gasteiger partial charge < -0.3 is 19.9 Å². The lowest BCUT2D eigenvalue weighted by atomic mass is 10.2. The lowest BCUT2D eigenvalue weighted by molar-refractivity contribution is 0.102. The van der Waals surface area contributed by atoms with Gasteiger partial charge in [-0.05, 0) is 63.2 Å². The van der Waals surface area contributed by atoms with Crippen molar-refractivity contribution in [2.75, 3.05) is 28.6 Å². The Morgan fingerprint density at radius 3 is 2.45 bits per heavy atom. The number of carbonyl (C=O) groups excluding carboxylic acids is 1. The van der Waals surface area contributed by atoms with Crippen LogP contribution in [-0.4, -0.2) is 33.4 Å². The Morgan fingerprint density at radius 1 is 1.00 bits per heavy atom. The molecule has 0 saturated carbocycles. The molecule has 4 rings (SSSR count). The molecule has 1 amide bonds. The number of aromatic nitrogens is 3. The first-order valence-electron chi connectivity index (χ1n) is 10.4. The molecule has 1 aromatic carbocycles. The van der Waals surface area contributed by atoms with Crippen molar-refractivity contribution >= 4 is 34.6 Å². The number of nitrogens with zero attached hydrogens (tertiary/aromatic N) is 4.